The molecule has 8 heteroatoms. The maximum Gasteiger partial charge on any atom is 0.328 e. The van der Waals surface area contributed by atoms with E-state index in [0.29, 0.717) is 31.9 Å². The number of aliphatic hydroxyl groups excluding tert-OH is 1. The Morgan fingerprint density at radius 1 is 1.30 bits per heavy atom. The van der Waals surface area contributed by atoms with Crippen molar-refractivity contribution in [3.8, 4) is 0 Å². The van der Waals surface area contributed by atoms with Crippen LogP contribution in [-0.2, 0) is 9.59 Å². The van der Waals surface area contributed by atoms with Crippen LogP contribution < -0.4 is 10.2 Å². The predicted octanol–water partition coefficient (Wildman–Crippen LogP) is -0.128. The Labute approximate surface area is 134 Å². The fourth-order valence-electron chi connectivity index (χ4n) is 2.67. The molecule has 0 aromatic carbocycles. The summed E-state index contributed by atoms with van der Waals surface area (Å²) < 4.78 is 0. The molecule has 1 unspecified atom stereocenters. The van der Waals surface area contributed by atoms with Crippen LogP contribution >= 0.6 is 0 Å². The Morgan fingerprint density at radius 3 is 2.35 bits per heavy atom. The molecule has 1 aromatic rings. The van der Waals surface area contributed by atoms with Crippen molar-refractivity contribution in [2.75, 3.05) is 24.6 Å². The number of amides is 1. The summed E-state index contributed by atoms with van der Waals surface area (Å²) in [6.45, 7) is 4.49. The third-order valence-electron chi connectivity index (χ3n) is 3.92. The van der Waals surface area contributed by atoms with Crippen LogP contribution in [0.25, 0.3) is 0 Å². The van der Waals surface area contributed by atoms with Gasteiger partial charge in [0.25, 0.3) is 0 Å². The first kappa shape index (κ1) is 17.1. The SMILES string of the molecule is Cc1cc(C)nc(N2CCC(C(=O)NC(CO)C(=O)O)CC2)n1. The van der Waals surface area contributed by atoms with Crippen LogP contribution in [-0.4, -0.2) is 57.8 Å². The van der Waals surface area contributed by atoms with Gasteiger partial charge in [0.2, 0.25) is 11.9 Å². The van der Waals surface area contributed by atoms with Crippen molar-refractivity contribution >= 4 is 17.8 Å². The molecule has 1 saturated heterocycles. The van der Waals surface area contributed by atoms with E-state index in [4.69, 9.17) is 10.2 Å². The number of carbonyl (C=O) groups is 2. The average Bonchev–Trinajstić information content (AvgIpc) is 2.51. The Bertz CT molecular complexity index is 565. The third-order valence-corrected chi connectivity index (χ3v) is 3.92. The number of nitrogens with one attached hydrogen (secondary N) is 1. The van der Waals surface area contributed by atoms with E-state index in [1.165, 1.54) is 0 Å². The van der Waals surface area contributed by atoms with Gasteiger partial charge >= 0.3 is 5.97 Å². The predicted molar refractivity (Wildman–Crippen MR) is 83.1 cm³/mol. The van der Waals surface area contributed by atoms with Gasteiger partial charge in [0, 0.05) is 30.4 Å². The molecule has 0 spiro atoms. The van der Waals surface area contributed by atoms with Crippen LogP contribution in [0.3, 0.4) is 0 Å². The Balaban J connectivity index is 1.93. The van der Waals surface area contributed by atoms with E-state index < -0.39 is 18.6 Å². The summed E-state index contributed by atoms with van der Waals surface area (Å²) in [6, 6.07) is 0.660. The molecule has 1 atom stereocenters. The highest BCUT2D eigenvalue weighted by atomic mass is 16.4. The first-order valence-electron chi connectivity index (χ1n) is 7.62. The normalized spacial score (nSPS) is 16.9. The van der Waals surface area contributed by atoms with Crippen LogP contribution in [0.1, 0.15) is 24.2 Å². The lowest BCUT2D eigenvalue weighted by molar-refractivity contribution is -0.143. The van der Waals surface area contributed by atoms with Gasteiger partial charge in [-0.2, -0.15) is 0 Å². The van der Waals surface area contributed by atoms with Gasteiger partial charge in [-0.3, -0.25) is 4.79 Å². The zero-order valence-corrected chi connectivity index (χ0v) is 13.3. The smallest absolute Gasteiger partial charge is 0.328 e. The number of aliphatic carboxylic acids is 1. The molecule has 23 heavy (non-hydrogen) atoms. The summed E-state index contributed by atoms with van der Waals surface area (Å²) in [6.07, 6.45) is 1.19. The highest BCUT2D eigenvalue weighted by Gasteiger charge is 2.29. The van der Waals surface area contributed by atoms with Crippen molar-refractivity contribution in [1.82, 2.24) is 15.3 Å². The monoisotopic (exact) mass is 322 g/mol. The van der Waals surface area contributed by atoms with Crippen LogP contribution in [0.5, 0.6) is 0 Å². The van der Waals surface area contributed by atoms with Gasteiger partial charge in [0.15, 0.2) is 0 Å². The minimum Gasteiger partial charge on any atom is -0.480 e. The fourth-order valence-corrected chi connectivity index (χ4v) is 2.67. The quantitative estimate of drug-likeness (QED) is 0.691. The lowest BCUT2D eigenvalue weighted by Crippen LogP contribution is -2.48. The van der Waals surface area contributed by atoms with E-state index in [-0.39, 0.29) is 11.8 Å². The molecule has 0 aliphatic carbocycles. The largest absolute Gasteiger partial charge is 0.480 e. The molecule has 1 amide bonds. The van der Waals surface area contributed by atoms with Crippen molar-refractivity contribution < 1.29 is 19.8 Å². The molecule has 1 aliphatic rings. The number of hydrogen-bond acceptors (Lipinski definition) is 6. The van der Waals surface area contributed by atoms with Crippen molar-refractivity contribution in [1.29, 1.82) is 0 Å². The van der Waals surface area contributed by atoms with E-state index in [2.05, 4.69) is 15.3 Å². The molecule has 1 aliphatic heterocycles. The van der Waals surface area contributed by atoms with Crippen LogP contribution in [0.15, 0.2) is 6.07 Å². The van der Waals surface area contributed by atoms with E-state index in [1.807, 2.05) is 24.8 Å². The summed E-state index contributed by atoms with van der Waals surface area (Å²) in [5, 5.41) is 20.2. The number of rotatable bonds is 5. The molecule has 1 fully saturated rings. The van der Waals surface area contributed by atoms with Gasteiger partial charge in [-0.1, -0.05) is 0 Å². The van der Waals surface area contributed by atoms with Gasteiger partial charge in [0.05, 0.1) is 6.61 Å². The number of piperidine rings is 1. The van der Waals surface area contributed by atoms with Gasteiger partial charge in [0.1, 0.15) is 6.04 Å². The second-order valence-electron chi connectivity index (χ2n) is 5.79. The van der Waals surface area contributed by atoms with Crippen LogP contribution in [0, 0.1) is 19.8 Å². The molecular weight excluding hydrogens is 300 g/mol. The van der Waals surface area contributed by atoms with E-state index in [1.54, 1.807) is 0 Å². The number of aryl methyl sites for hydroxylation is 2. The first-order valence-corrected chi connectivity index (χ1v) is 7.62. The number of aliphatic hydroxyl groups is 1. The summed E-state index contributed by atoms with van der Waals surface area (Å²) in [7, 11) is 0. The van der Waals surface area contributed by atoms with Crippen molar-refractivity contribution in [3.05, 3.63) is 17.5 Å². The Morgan fingerprint density at radius 2 is 1.87 bits per heavy atom. The molecule has 0 bridgehead atoms. The molecule has 0 radical (unpaired) electrons. The lowest BCUT2D eigenvalue weighted by Gasteiger charge is -2.32. The fraction of sp³-hybridized carbons (Fsp3) is 0.600. The zero-order chi connectivity index (χ0) is 17.0. The first-order chi connectivity index (χ1) is 10.9. The Kier molecular flexibility index (Phi) is 5.49. The molecule has 126 valence electrons. The summed E-state index contributed by atoms with van der Waals surface area (Å²) in [4.78, 5) is 33.8. The number of carbonyl (C=O) groups excluding carboxylic acids is 1. The Hall–Kier alpha value is -2.22. The molecule has 1 aromatic heterocycles. The van der Waals surface area contributed by atoms with E-state index in [9.17, 15) is 9.59 Å². The second-order valence-corrected chi connectivity index (χ2v) is 5.79. The molecular formula is C15H22N4O4. The molecule has 2 heterocycles. The maximum absolute atomic E-state index is 12.1. The second kappa shape index (κ2) is 7.36. The van der Waals surface area contributed by atoms with Gasteiger partial charge in [-0.05, 0) is 32.8 Å². The van der Waals surface area contributed by atoms with Gasteiger partial charge < -0.3 is 20.4 Å². The summed E-state index contributed by atoms with van der Waals surface area (Å²) in [5.41, 5.74) is 1.80. The average molecular weight is 322 g/mol. The maximum atomic E-state index is 12.1. The zero-order valence-electron chi connectivity index (χ0n) is 13.3. The highest BCUT2D eigenvalue weighted by molar-refractivity contribution is 5.85. The van der Waals surface area contributed by atoms with Crippen molar-refractivity contribution in [3.63, 3.8) is 0 Å². The number of carboxylic acids is 1. The molecule has 3 N–H and O–H groups in total. The number of hydrogen-bond donors (Lipinski definition) is 3. The number of anilines is 1. The molecule has 0 saturated carbocycles. The van der Waals surface area contributed by atoms with Crippen LogP contribution in [0.4, 0.5) is 5.95 Å². The summed E-state index contributed by atoms with van der Waals surface area (Å²) in [5.74, 6) is -1.15. The van der Waals surface area contributed by atoms with Crippen LogP contribution in [0.2, 0.25) is 0 Å². The van der Waals surface area contributed by atoms with Crippen molar-refractivity contribution in [2.45, 2.75) is 32.7 Å². The van der Waals surface area contributed by atoms with Crippen molar-refractivity contribution in [2.24, 2.45) is 5.92 Å². The number of nitrogens with zero attached hydrogens (tertiary/aromatic N) is 3. The standard InChI is InChI=1S/C15H22N4O4/c1-9-7-10(2)17-15(16-9)19-5-3-11(4-6-19)13(21)18-12(8-20)14(22)23/h7,11-12,20H,3-6,8H2,1-2H3,(H,18,21)(H,22,23). The number of carboxylic acid groups (broad SMARTS) is 1. The minimum atomic E-state index is -1.25. The van der Waals surface area contributed by atoms with Gasteiger partial charge in [-0.15, -0.1) is 0 Å². The summed E-state index contributed by atoms with van der Waals surface area (Å²) >= 11 is 0. The van der Waals surface area contributed by atoms with Gasteiger partial charge in [-0.25, -0.2) is 14.8 Å². The van der Waals surface area contributed by atoms with E-state index in [0.717, 1.165) is 11.4 Å². The minimum absolute atomic E-state index is 0.259. The lowest BCUT2D eigenvalue weighted by atomic mass is 9.95. The number of aromatic nitrogens is 2. The molecule has 2 rings (SSSR count). The van der Waals surface area contributed by atoms with E-state index >= 15 is 0 Å². The molecule has 8 nitrogen and oxygen atoms in total. The third kappa shape index (κ3) is 4.38. The highest BCUT2D eigenvalue weighted by Crippen LogP contribution is 2.21. The topological polar surface area (TPSA) is 116 Å².